The van der Waals surface area contributed by atoms with E-state index in [0.29, 0.717) is 17.3 Å². The van der Waals surface area contributed by atoms with Gasteiger partial charge in [-0.05, 0) is 38.5 Å². The highest BCUT2D eigenvalue weighted by molar-refractivity contribution is 7.15. The van der Waals surface area contributed by atoms with E-state index in [0.717, 1.165) is 17.0 Å². The van der Waals surface area contributed by atoms with Crippen molar-refractivity contribution in [2.24, 2.45) is 0 Å². The molecule has 0 atom stereocenters. The number of anilines is 1. The number of benzene rings is 1. The largest absolute Gasteiger partial charge is 0.494 e. The number of aromatic nitrogens is 2. The molecule has 0 radical (unpaired) electrons. The van der Waals surface area contributed by atoms with Crippen LogP contribution in [0.1, 0.15) is 23.9 Å². The average Bonchev–Trinajstić information content (AvgIpc) is 2.94. The lowest BCUT2D eigenvalue weighted by atomic mass is 10.1. The molecule has 1 N–H and O–H groups in total. The number of carbonyl (C=O) groups excluding carboxylic acids is 1. The molecular weight excluding hydrogens is 338 g/mol. The van der Waals surface area contributed by atoms with Gasteiger partial charge in [-0.25, -0.2) is 4.98 Å². The van der Waals surface area contributed by atoms with Gasteiger partial charge >= 0.3 is 0 Å². The molecule has 0 unspecified atom stereocenters. The Hall–Kier alpha value is -2.67. The maximum absolute atomic E-state index is 12.6. The van der Waals surface area contributed by atoms with Crippen molar-refractivity contribution >= 4 is 27.9 Å². The number of amides is 1. The van der Waals surface area contributed by atoms with Crippen LogP contribution in [0.4, 0.5) is 5.69 Å². The second-order valence-corrected chi connectivity index (χ2v) is 6.51. The minimum absolute atomic E-state index is 0.177. The van der Waals surface area contributed by atoms with Crippen molar-refractivity contribution in [3.63, 3.8) is 0 Å². The topological polar surface area (TPSA) is 72.7 Å². The number of carbonyl (C=O) groups is 1. The summed E-state index contributed by atoms with van der Waals surface area (Å²) in [5.74, 6) is 0.516. The van der Waals surface area contributed by atoms with Gasteiger partial charge in [-0.3, -0.25) is 14.0 Å². The van der Waals surface area contributed by atoms with E-state index >= 15 is 0 Å². The molecule has 1 amide bonds. The maximum atomic E-state index is 12.6. The monoisotopic (exact) mass is 357 g/mol. The van der Waals surface area contributed by atoms with Crippen LogP contribution in [0.15, 0.2) is 34.4 Å². The maximum Gasteiger partial charge on any atom is 0.282 e. The van der Waals surface area contributed by atoms with Crippen molar-refractivity contribution in [3.8, 4) is 5.75 Å². The van der Waals surface area contributed by atoms with Gasteiger partial charge in [-0.2, -0.15) is 0 Å². The minimum atomic E-state index is -0.251. The predicted molar refractivity (Wildman–Crippen MR) is 98.8 cm³/mol. The van der Waals surface area contributed by atoms with Gasteiger partial charge in [-0.15, -0.1) is 11.3 Å². The highest BCUT2D eigenvalue weighted by Crippen LogP contribution is 2.17. The fourth-order valence-electron chi connectivity index (χ4n) is 2.57. The molecule has 0 spiro atoms. The highest BCUT2D eigenvalue weighted by Gasteiger charge is 2.15. The van der Waals surface area contributed by atoms with Gasteiger partial charge in [0.1, 0.15) is 11.4 Å². The summed E-state index contributed by atoms with van der Waals surface area (Å²) < 4.78 is 6.90. The molecular formula is C18H19N3O3S. The van der Waals surface area contributed by atoms with Crippen LogP contribution in [0.3, 0.4) is 0 Å². The zero-order valence-corrected chi connectivity index (χ0v) is 15.1. The molecule has 0 aliphatic heterocycles. The minimum Gasteiger partial charge on any atom is -0.494 e. The SMILES string of the molecule is CCOc1ccc(CC(=O)Nc2c(C)nc3scc(C)n3c2=O)cc1. The molecule has 3 rings (SSSR count). The van der Waals surface area contributed by atoms with E-state index in [1.165, 1.54) is 15.7 Å². The van der Waals surface area contributed by atoms with Crippen LogP contribution >= 0.6 is 11.3 Å². The Labute approximate surface area is 149 Å². The molecule has 0 saturated heterocycles. The van der Waals surface area contributed by atoms with Crippen LogP contribution in [-0.4, -0.2) is 21.9 Å². The van der Waals surface area contributed by atoms with Crippen molar-refractivity contribution in [1.82, 2.24) is 9.38 Å². The summed E-state index contributed by atoms with van der Waals surface area (Å²) >= 11 is 1.41. The number of nitrogens with zero attached hydrogens (tertiary/aromatic N) is 2. The Morgan fingerprint density at radius 2 is 2.00 bits per heavy atom. The zero-order chi connectivity index (χ0) is 18.0. The van der Waals surface area contributed by atoms with Gasteiger partial charge in [0, 0.05) is 11.1 Å². The Balaban J connectivity index is 1.80. The van der Waals surface area contributed by atoms with Crippen LogP contribution in [0.25, 0.3) is 4.96 Å². The van der Waals surface area contributed by atoms with E-state index in [1.54, 1.807) is 6.92 Å². The number of rotatable bonds is 5. The predicted octanol–water partition coefficient (Wildman–Crippen LogP) is 2.95. The first-order valence-electron chi connectivity index (χ1n) is 7.98. The number of hydrogen-bond donors (Lipinski definition) is 1. The number of thiazole rings is 1. The molecule has 3 aromatic rings. The summed E-state index contributed by atoms with van der Waals surface area (Å²) in [6.45, 7) is 6.08. The molecule has 2 heterocycles. The Kier molecular flexibility index (Phi) is 4.85. The van der Waals surface area contributed by atoms with E-state index in [2.05, 4.69) is 10.3 Å². The van der Waals surface area contributed by atoms with Crippen molar-refractivity contribution in [2.45, 2.75) is 27.2 Å². The van der Waals surface area contributed by atoms with Gasteiger partial charge in [-0.1, -0.05) is 12.1 Å². The fourth-order valence-corrected chi connectivity index (χ4v) is 3.47. The molecule has 0 aliphatic rings. The molecule has 7 heteroatoms. The van der Waals surface area contributed by atoms with Gasteiger partial charge in [0.2, 0.25) is 5.91 Å². The molecule has 0 aliphatic carbocycles. The summed E-state index contributed by atoms with van der Waals surface area (Å²) in [4.78, 5) is 30.0. The first-order valence-corrected chi connectivity index (χ1v) is 8.86. The van der Waals surface area contributed by atoms with Crippen molar-refractivity contribution in [2.75, 3.05) is 11.9 Å². The van der Waals surface area contributed by atoms with Crippen molar-refractivity contribution < 1.29 is 9.53 Å². The van der Waals surface area contributed by atoms with Gasteiger partial charge in [0.05, 0.1) is 18.7 Å². The number of fused-ring (bicyclic) bond motifs is 1. The van der Waals surface area contributed by atoms with E-state index in [4.69, 9.17) is 4.74 Å². The van der Waals surface area contributed by atoms with E-state index < -0.39 is 0 Å². The van der Waals surface area contributed by atoms with Gasteiger partial charge < -0.3 is 10.1 Å². The number of aryl methyl sites for hydroxylation is 2. The number of ether oxygens (including phenoxy) is 1. The summed E-state index contributed by atoms with van der Waals surface area (Å²) in [6, 6.07) is 7.34. The number of hydrogen-bond acceptors (Lipinski definition) is 5. The van der Waals surface area contributed by atoms with Crippen LogP contribution < -0.4 is 15.6 Å². The Bertz CT molecular complexity index is 974. The molecule has 0 bridgehead atoms. The standard InChI is InChI=1S/C18H19N3O3S/c1-4-24-14-7-5-13(6-8-14)9-15(22)20-16-12(3)19-18-21(17(16)23)11(2)10-25-18/h5-8,10H,4,9H2,1-3H3,(H,20,22). The van der Waals surface area contributed by atoms with Crippen LogP contribution in [0.2, 0.25) is 0 Å². The second-order valence-electron chi connectivity index (χ2n) is 5.67. The lowest BCUT2D eigenvalue weighted by Crippen LogP contribution is -2.25. The fraction of sp³-hybridized carbons (Fsp3) is 0.278. The average molecular weight is 357 g/mol. The molecule has 6 nitrogen and oxygen atoms in total. The molecule has 0 fully saturated rings. The van der Waals surface area contributed by atoms with Crippen LogP contribution in [0.5, 0.6) is 5.75 Å². The van der Waals surface area contributed by atoms with Crippen LogP contribution in [0, 0.1) is 13.8 Å². The first kappa shape index (κ1) is 17.2. The lowest BCUT2D eigenvalue weighted by Gasteiger charge is -2.09. The molecule has 25 heavy (non-hydrogen) atoms. The summed E-state index contributed by atoms with van der Waals surface area (Å²) in [5, 5.41) is 4.58. The number of nitrogens with one attached hydrogen (secondary N) is 1. The lowest BCUT2D eigenvalue weighted by molar-refractivity contribution is -0.115. The summed E-state index contributed by atoms with van der Waals surface area (Å²) in [6.07, 6.45) is 0.177. The zero-order valence-electron chi connectivity index (χ0n) is 14.3. The smallest absolute Gasteiger partial charge is 0.282 e. The van der Waals surface area contributed by atoms with E-state index in [1.807, 2.05) is 43.5 Å². The first-order chi connectivity index (χ1) is 12.0. The third kappa shape index (κ3) is 3.56. The molecule has 1 aromatic carbocycles. The van der Waals surface area contributed by atoms with Crippen LogP contribution in [-0.2, 0) is 11.2 Å². The van der Waals surface area contributed by atoms with E-state index in [9.17, 15) is 9.59 Å². The Morgan fingerprint density at radius 1 is 1.28 bits per heavy atom. The normalized spacial score (nSPS) is 10.8. The highest BCUT2D eigenvalue weighted by atomic mass is 32.1. The summed E-state index contributed by atoms with van der Waals surface area (Å²) in [7, 11) is 0. The molecule has 0 saturated carbocycles. The third-order valence-corrected chi connectivity index (χ3v) is 4.73. The second kappa shape index (κ2) is 7.06. The van der Waals surface area contributed by atoms with Crippen molar-refractivity contribution in [1.29, 1.82) is 0 Å². The molecule has 130 valence electrons. The summed E-state index contributed by atoms with van der Waals surface area (Å²) in [5.41, 5.74) is 2.15. The van der Waals surface area contributed by atoms with E-state index in [-0.39, 0.29) is 23.6 Å². The quantitative estimate of drug-likeness (QED) is 0.762. The molecule has 2 aromatic heterocycles. The van der Waals surface area contributed by atoms with Gasteiger partial charge in [0.15, 0.2) is 4.96 Å². The Morgan fingerprint density at radius 3 is 2.68 bits per heavy atom. The van der Waals surface area contributed by atoms with Gasteiger partial charge in [0.25, 0.3) is 5.56 Å². The third-order valence-electron chi connectivity index (χ3n) is 3.78. The van der Waals surface area contributed by atoms with Crippen molar-refractivity contribution in [3.05, 3.63) is 57.0 Å².